The standard InChI is InChI=1S/C22H30N2O2/c1-4-18(22(25)26-3)12-9-7-5-6-8-11-17(2)20-15-19-13-10-14-23-21(19)16-24-20/h10-16,22,25H,4-9H2,1-3H3/b17-11+,18-12+. The topological polar surface area (TPSA) is 55.2 Å². The molecule has 0 amide bonds. The molecule has 0 aliphatic rings. The quantitative estimate of drug-likeness (QED) is 0.358. The summed E-state index contributed by atoms with van der Waals surface area (Å²) in [6.45, 7) is 4.16. The van der Waals surface area contributed by atoms with Crippen molar-refractivity contribution in [3.8, 4) is 0 Å². The molecule has 4 heteroatoms. The zero-order valence-electron chi connectivity index (χ0n) is 16.1. The first-order chi connectivity index (χ1) is 12.7. The van der Waals surface area contributed by atoms with Crippen LogP contribution in [0.1, 0.15) is 58.1 Å². The van der Waals surface area contributed by atoms with E-state index < -0.39 is 6.29 Å². The summed E-state index contributed by atoms with van der Waals surface area (Å²) in [6, 6.07) is 6.13. The van der Waals surface area contributed by atoms with Crippen LogP contribution in [0.2, 0.25) is 0 Å². The van der Waals surface area contributed by atoms with Gasteiger partial charge in [-0.3, -0.25) is 9.97 Å². The first kappa shape index (κ1) is 20.3. The van der Waals surface area contributed by atoms with Gasteiger partial charge in [0.05, 0.1) is 17.4 Å². The third kappa shape index (κ3) is 6.04. The average molecular weight is 354 g/mol. The maximum atomic E-state index is 9.69. The van der Waals surface area contributed by atoms with Crippen LogP contribution in [-0.2, 0) is 4.74 Å². The van der Waals surface area contributed by atoms with Crippen LogP contribution < -0.4 is 0 Å². The number of hydrogen-bond acceptors (Lipinski definition) is 4. The molecule has 2 aromatic rings. The van der Waals surface area contributed by atoms with Crippen molar-refractivity contribution in [2.24, 2.45) is 0 Å². The molecule has 0 spiro atoms. The lowest BCUT2D eigenvalue weighted by Gasteiger charge is -2.11. The predicted molar refractivity (Wildman–Crippen MR) is 108 cm³/mol. The Morgan fingerprint density at radius 1 is 1.19 bits per heavy atom. The number of pyridine rings is 2. The third-order valence-corrected chi connectivity index (χ3v) is 4.61. The Morgan fingerprint density at radius 3 is 2.69 bits per heavy atom. The van der Waals surface area contributed by atoms with E-state index in [0.29, 0.717) is 0 Å². The number of nitrogens with zero attached hydrogens (tertiary/aromatic N) is 2. The van der Waals surface area contributed by atoms with Gasteiger partial charge in [-0.2, -0.15) is 0 Å². The summed E-state index contributed by atoms with van der Waals surface area (Å²) >= 11 is 0. The zero-order chi connectivity index (χ0) is 18.8. The van der Waals surface area contributed by atoms with Crippen molar-refractivity contribution in [3.05, 3.63) is 54.0 Å². The number of unbranched alkanes of at least 4 members (excludes halogenated alkanes) is 4. The van der Waals surface area contributed by atoms with Gasteiger partial charge >= 0.3 is 0 Å². The van der Waals surface area contributed by atoms with Gasteiger partial charge in [-0.15, -0.1) is 0 Å². The van der Waals surface area contributed by atoms with Gasteiger partial charge in [0.2, 0.25) is 0 Å². The highest BCUT2D eigenvalue weighted by Crippen LogP contribution is 2.18. The van der Waals surface area contributed by atoms with Crippen molar-refractivity contribution < 1.29 is 9.84 Å². The molecule has 2 aromatic heterocycles. The molecule has 4 nitrogen and oxygen atoms in total. The van der Waals surface area contributed by atoms with Gasteiger partial charge in [0.15, 0.2) is 6.29 Å². The molecule has 0 fully saturated rings. The molecule has 2 rings (SSSR count). The van der Waals surface area contributed by atoms with E-state index in [4.69, 9.17) is 4.74 Å². The maximum absolute atomic E-state index is 9.69. The number of aromatic nitrogens is 2. The Kier molecular flexibility index (Phi) is 8.45. The van der Waals surface area contributed by atoms with Gasteiger partial charge in [0.25, 0.3) is 0 Å². The van der Waals surface area contributed by atoms with Gasteiger partial charge in [0, 0.05) is 18.7 Å². The Labute approximate surface area is 156 Å². The van der Waals surface area contributed by atoms with Crippen molar-refractivity contribution in [2.75, 3.05) is 7.11 Å². The molecule has 0 aromatic carbocycles. The molecule has 0 radical (unpaired) electrons. The third-order valence-electron chi connectivity index (χ3n) is 4.61. The van der Waals surface area contributed by atoms with Gasteiger partial charge in [0.1, 0.15) is 0 Å². The molecule has 0 saturated carbocycles. The normalized spacial score (nSPS) is 14.0. The molecular formula is C22H30N2O2. The Morgan fingerprint density at radius 2 is 1.96 bits per heavy atom. The van der Waals surface area contributed by atoms with Crippen LogP contribution in [0, 0.1) is 0 Å². The maximum Gasteiger partial charge on any atom is 0.176 e. The van der Waals surface area contributed by atoms with Crippen molar-refractivity contribution >= 4 is 16.5 Å². The summed E-state index contributed by atoms with van der Waals surface area (Å²) < 4.78 is 4.96. The van der Waals surface area contributed by atoms with E-state index in [9.17, 15) is 5.11 Å². The fourth-order valence-electron chi connectivity index (χ4n) is 2.94. The van der Waals surface area contributed by atoms with E-state index in [-0.39, 0.29) is 0 Å². The van der Waals surface area contributed by atoms with Crippen LogP contribution in [0.4, 0.5) is 0 Å². The van der Waals surface area contributed by atoms with Crippen LogP contribution in [0.15, 0.2) is 48.3 Å². The van der Waals surface area contributed by atoms with Crippen LogP contribution in [0.5, 0.6) is 0 Å². The number of allylic oxidation sites excluding steroid dienone is 3. The Bertz CT molecular complexity index is 753. The summed E-state index contributed by atoms with van der Waals surface area (Å²) in [5.74, 6) is 0. The van der Waals surface area contributed by atoms with E-state index >= 15 is 0 Å². The Hall–Kier alpha value is -2.04. The predicted octanol–water partition coefficient (Wildman–Crippen LogP) is 5.28. The van der Waals surface area contributed by atoms with Crippen LogP contribution in [0.3, 0.4) is 0 Å². The molecule has 1 unspecified atom stereocenters. The molecule has 2 heterocycles. The van der Waals surface area contributed by atoms with E-state index in [1.54, 1.807) is 6.20 Å². The van der Waals surface area contributed by atoms with Crippen molar-refractivity contribution in [1.82, 2.24) is 9.97 Å². The highest BCUT2D eigenvalue weighted by atomic mass is 16.6. The monoisotopic (exact) mass is 354 g/mol. The lowest BCUT2D eigenvalue weighted by Crippen LogP contribution is -2.11. The molecule has 0 aliphatic carbocycles. The largest absolute Gasteiger partial charge is 0.364 e. The van der Waals surface area contributed by atoms with Crippen LogP contribution in [0.25, 0.3) is 16.5 Å². The molecule has 0 aliphatic heterocycles. The summed E-state index contributed by atoms with van der Waals surface area (Å²) in [5.41, 5.74) is 4.14. The van der Waals surface area contributed by atoms with Crippen LogP contribution in [-0.4, -0.2) is 28.5 Å². The van der Waals surface area contributed by atoms with Gasteiger partial charge in [-0.05, 0) is 62.3 Å². The number of aliphatic hydroxyl groups is 1. The van der Waals surface area contributed by atoms with Crippen LogP contribution >= 0.6 is 0 Å². The van der Waals surface area contributed by atoms with E-state index in [1.165, 1.54) is 19.1 Å². The zero-order valence-corrected chi connectivity index (χ0v) is 16.1. The molecule has 0 saturated heterocycles. The number of hydrogen-bond donors (Lipinski definition) is 1. The van der Waals surface area contributed by atoms with E-state index in [1.807, 2.05) is 19.2 Å². The van der Waals surface area contributed by atoms with Crippen molar-refractivity contribution in [2.45, 2.75) is 58.7 Å². The van der Waals surface area contributed by atoms with E-state index in [2.05, 4.69) is 41.2 Å². The SMILES string of the molecule is CC/C(=C\CCCCC/C=C(\C)c1cc2cccnc2cn1)C(O)OC. The fraction of sp³-hybridized carbons (Fsp3) is 0.455. The first-order valence-corrected chi connectivity index (χ1v) is 9.43. The second-order valence-electron chi connectivity index (χ2n) is 6.51. The Balaban J connectivity index is 1.76. The van der Waals surface area contributed by atoms with Crippen molar-refractivity contribution in [3.63, 3.8) is 0 Å². The number of fused-ring (bicyclic) bond motifs is 1. The highest BCUT2D eigenvalue weighted by molar-refractivity contribution is 5.80. The van der Waals surface area contributed by atoms with E-state index in [0.717, 1.165) is 54.3 Å². The number of methoxy groups -OCH3 is 1. The highest BCUT2D eigenvalue weighted by Gasteiger charge is 2.06. The minimum absolute atomic E-state index is 0.754. The molecule has 140 valence electrons. The van der Waals surface area contributed by atoms with Gasteiger partial charge < -0.3 is 9.84 Å². The smallest absolute Gasteiger partial charge is 0.176 e. The first-order valence-electron chi connectivity index (χ1n) is 9.43. The number of ether oxygens (including phenoxy) is 1. The number of rotatable bonds is 10. The van der Waals surface area contributed by atoms with Crippen molar-refractivity contribution in [1.29, 1.82) is 0 Å². The average Bonchev–Trinajstić information content (AvgIpc) is 2.69. The van der Waals surface area contributed by atoms with Gasteiger partial charge in [-0.1, -0.05) is 31.6 Å². The summed E-state index contributed by atoms with van der Waals surface area (Å²) in [7, 11) is 1.53. The summed E-state index contributed by atoms with van der Waals surface area (Å²) in [6.07, 6.45) is 13.6. The molecular weight excluding hydrogens is 324 g/mol. The minimum Gasteiger partial charge on any atom is -0.364 e. The second kappa shape index (κ2) is 10.8. The summed E-state index contributed by atoms with van der Waals surface area (Å²) in [5, 5.41) is 10.8. The lowest BCUT2D eigenvalue weighted by molar-refractivity contribution is -0.0465. The summed E-state index contributed by atoms with van der Waals surface area (Å²) in [4.78, 5) is 8.82. The second-order valence-corrected chi connectivity index (χ2v) is 6.51. The molecule has 1 N–H and O–H groups in total. The minimum atomic E-state index is -0.754. The molecule has 1 atom stereocenters. The van der Waals surface area contributed by atoms with Gasteiger partial charge in [-0.25, -0.2) is 0 Å². The fourth-order valence-corrected chi connectivity index (χ4v) is 2.94. The molecule has 26 heavy (non-hydrogen) atoms. The lowest BCUT2D eigenvalue weighted by atomic mass is 10.1. The number of aliphatic hydroxyl groups excluding tert-OH is 1. The molecule has 0 bridgehead atoms.